The van der Waals surface area contributed by atoms with Gasteiger partial charge < -0.3 is 15.3 Å². The fourth-order valence-corrected chi connectivity index (χ4v) is 4.77. The number of aliphatic hydroxyl groups excluding tert-OH is 1. The van der Waals surface area contributed by atoms with Crippen molar-refractivity contribution in [1.82, 2.24) is 15.1 Å². The smallest absolute Gasteiger partial charge is 0.294 e. The lowest BCUT2D eigenvalue weighted by molar-refractivity contribution is -0.121. The Bertz CT molecular complexity index is 1490. The third-order valence-electron chi connectivity index (χ3n) is 6.68. The van der Waals surface area contributed by atoms with E-state index in [0.29, 0.717) is 5.82 Å². The second-order valence-corrected chi connectivity index (χ2v) is 11.0. The second kappa shape index (κ2) is 11.9. The van der Waals surface area contributed by atoms with Crippen molar-refractivity contribution in [2.45, 2.75) is 31.3 Å². The predicted octanol–water partition coefficient (Wildman–Crippen LogP) is 4.24. The quantitative estimate of drug-likeness (QED) is 0.280. The summed E-state index contributed by atoms with van der Waals surface area (Å²) in [4.78, 5) is 14.8. The number of H-pyrrole nitrogens is 1. The maximum atomic E-state index is 12.6. The van der Waals surface area contributed by atoms with Crippen molar-refractivity contribution in [3.63, 3.8) is 0 Å². The number of fused-ring (bicyclic) bond motifs is 1. The fourth-order valence-electron chi connectivity index (χ4n) is 4.29. The molecule has 2 heterocycles. The Morgan fingerprint density at radius 1 is 1.03 bits per heavy atom. The summed E-state index contributed by atoms with van der Waals surface area (Å²) in [7, 11) is -1.93. The van der Waals surface area contributed by atoms with E-state index in [2.05, 4.69) is 27.5 Å². The zero-order chi connectivity index (χ0) is 27.3. The Kier molecular flexibility index (Phi) is 8.58. The molecule has 1 amide bonds. The number of hydrogen-bond acceptors (Lipinski definition) is 6. The molecule has 0 atom stereocenters. The molecule has 200 valence electrons. The van der Waals surface area contributed by atoms with Crippen LogP contribution in [-0.4, -0.2) is 59.2 Å². The first-order chi connectivity index (χ1) is 18.1. The van der Waals surface area contributed by atoms with Gasteiger partial charge in [0.1, 0.15) is 0 Å². The number of anilines is 1. The maximum absolute atomic E-state index is 12.6. The van der Waals surface area contributed by atoms with Gasteiger partial charge in [0, 0.05) is 11.3 Å². The molecule has 0 aliphatic carbocycles. The highest BCUT2D eigenvalue weighted by Gasteiger charge is 2.24. The van der Waals surface area contributed by atoms with Crippen molar-refractivity contribution >= 4 is 32.7 Å². The molecule has 4 N–H and O–H groups in total. The molecule has 0 radical (unpaired) electrons. The van der Waals surface area contributed by atoms with Gasteiger partial charge >= 0.3 is 0 Å². The Hall–Kier alpha value is -3.57. The van der Waals surface area contributed by atoms with Gasteiger partial charge in [0.15, 0.2) is 5.82 Å². The Morgan fingerprint density at radius 2 is 1.66 bits per heavy atom. The third-order valence-corrected chi connectivity index (χ3v) is 7.55. The summed E-state index contributed by atoms with van der Waals surface area (Å²) in [5.41, 5.74) is 4.84. The summed E-state index contributed by atoms with van der Waals surface area (Å²) < 4.78 is 29.6. The number of rotatable bonds is 5. The average Bonchev–Trinajstić information content (AvgIpc) is 3.31. The number of hydrogen-bond donors (Lipinski definition) is 4. The van der Waals surface area contributed by atoms with Crippen molar-refractivity contribution in [2.24, 2.45) is 5.92 Å². The molecule has 3 aromatic carbocycles. The molecule has 1 aliphatic rings. The summed E-state index contributed by atoms with van der Waals surface area (Å²) >= 11 is 0. The van der Waals surface area contributed by atoms with Crippen molar-refractivity contribution in [2.75, 3.05) is 25.5 Å². The Balaban J connectivity index is 0.000000257. The highest BCUT2D eigenvalue weighted by atomic mass is 32.2. The van der Waals surface area contributed by atoms with Crippen molar-refractivity contribution in [1.29, 1.82) is 0 Å². The lowest BCUT2D eigenvalue weighted by Gasteiger charge is -2.27. The van der Waals surface area contributed by atoms with Crippen LogP contribution in [0.25, 0.3) is 22.0 Å². The first-order valence-electron chi connectivity index (χ1n) is 12.4. The molecule has 1 aromatic heterocycles. The van der Waals surface area contributed by atoms with Gasteiger partial charge in [0.05, 0.1) is 17.0 Å². The third kappa shape index (κ3) is 6.84. The van der Waals surface area contributed by atoms with Crippen molar-refractivity contribution in [3.05, 3.63) is 77.9 Å². The molecule has 0 unspecified atom stereocenters. The number of aliphatic hydroxyl groups is 1. The van der Waals surface area contributed by atoms with Gasteiger partial charge in [0.25, 0.3) is 10.1 Å². The molecule has 0 spiro atoms. The van der Waals surface area contributed by atoms with E-state index in [1.165, 1.54) is 12.1 Å². The van der Waals surface area contributed by atoms with Gasteiger partial charge in [-0.15, -0.1) is 0 Å². The molecule has 10 heteroatoms. The van der Waals surface area contributed by atoms with E-state index in [4.69, 9.17) is 4.55 Å². The largest absolute Gasteiger partial charge is 0.392 e. The monoisotopic (exact) mass is 536 g/mol. The number of carbonyl (C=O) groups excluding carboxylic acids is 1. The molecule has 0 saturated carbocycles. The number of likely N-dealkylation sites (tertiary alicyclic amines) is 1. The van der Waals surface area contributed by atoms with E-state index in [1.807, 2.05) is 49.4 Å². The number of carbonyl (C=O) groups is 1. The van der Waals surface area contributed by atoms with Crippen molar-refractivity contribution in [3.8, 4) is 11.1 Å². The highest BCUT2D eigenvalue weighted by molar-refractivity contribution is 7.85. The zero-order valence-corrected chi connectivity index (χ0v) is 22.2. The zero-order valence-electron chi connectivity index (χ0n) is 21.4. The summed E-state index contributed by atoms with van der Waals surface area (Å²) in [5.74, 6) is 0.680. The van der Waals surface area contributed by atoms with E-state index in [9.17, 15) is 18.3 Å². The number of benzene rings is 3. The summed E-state index contributed by atoms with van der Waals surface area (Å²) in [6, 6.07) is 19.8. The predicted molar refractivity (Wildman–Crippen MR) is 147 cm³/mol. The van der Waals surface area contributed by atoms with Crippen LogP contribution in [0.3, 0.4) is 0 Å². The fraction of sp³-hybridized carbons (Fsp3) is 0.286. The van der Waals surface area contributed by atoms with Crippen LogP contribution in [0.1, 0.15) is 24.0 Å². The standard InChI is InChI=1S/C21H24N4O2.C7H8O3S/c1-25-10-8-16(9-11-25)21(27)22-20-18-12-17(6-7-19(18)23-24-20)15-4-2-14(13-26)3-5-15;1-6-2-4-7(5-3-6)11(8,9)10/h2-7,12,16,26H,8-11,13H2,1H3,(H2,22,23,24,27);2-5H,1H3,(H,8,9,10). The average molecular weight is 537 g/mol. The Labute approximate surface area is 222 Å². The number of nitrogens with one attached hydrogen (secondary N) is 2. The molecule has 1 fully saturated rings. The van der Waals surface area contributed by atoms with E-state index in [-0.39, 0.29) is 23.3 Å². The minimum atomic E-state index is -4.02. The summed E-state index contributed by atoms with van der Waals surface area (Å²) in [6.07, 6.45) is 1.76. The molecule has 1 saturated heterocycles. The first kappa shape index (κ1) is 27.5. The molecular weight excluding hydrogens is 504 g/mol. The number of aromatic amines is 1. The van der Waals surface area contributed by atoms with Gasteiger partial charge in [-0.05, 0) is 80.9 Å². The molecule has 9 nitrogen and oxygen atoms in total. The highest BCUT2D eigenvalue weighted by Crippen LogP contribution is 2.28. The van der Waals surface area contributed by atoms with E-state index >= 15 is 0 Å². The molecule has 4 aromatic rings. The van der Waals surface area contributed by atoms with Crippen LogP contribution in [0.5, 0.6) is 0 Å². The first-order valence-corrected chi connectivity index (χ1v) is 13.8. The minimum absolute atomic E-state index is 0.0359. The number of piperidine rings is 1. The van der Waals surface area contributed by atoms with Crippen molar-refractivity contribution < 1.29 is 22.9 Å². The minimum Gasteiger partial charge on any atom is -0.392 e. The van der Waals surface area contributed by atoms with Crippen LogP contribution in [0.15, 0.2) is 71.6 Å². The van der Waals surface area contributed by atoms with Crippen LogP contribution in [0, 0.1) is 12.8 Å². The van der Waals surface area contributed by atoms with Gasteiger partial charge in [-0.1, -0.05) is 48.0 Å². The lowest BCUT2D eigenvalue weighted by atomic mass is 9.96. The lowest BCUT2D eigenvalue weighted by Crippen LogP contribution is -2.36. The number of amides is 1. The molecule has 0 bridgehead atoms. The maximum Gasteiger partial charge on any atom is 0.294 e. The van der Waals surface area contributed by atoms with Crippen LogP contribution in [0.4, 0.5) is 5.82 Å². The normalized spacial score (nSPS) is 14.6. The molecule has 1 aliphatic heterocycles. The van der Waals surface area contributed by atoms with E-state index < -0.39 is 10.1 Å². The van der Waals surface area contributed by atoms with Crippen LogP contribution in [0.2, 0.25) is 0 Å². The van der Waals surface area contributed by atoms with Crippen LogP contribution < -0.4 is 5.32 Å². The summed E-state index contributed by atoms with van der Waals surface area (Å²) in [5, 5.41) is 20.4. The Morgan fingerprint density at radius 3 is 2.26 bits per heavy atom. The number of aromatic nitrogens is 2. The number of aryl methyl sites for hydroxylation is 1. The van der Waals surface area contributed by atoms with Gasteiger partial charge in [0.2, 0.25) is 5.91 Å². The van der Waals surface area contributed by atoms with E-state index in [1.54, 1.807) is 12.1 Å². The van der Waals surface area contributed by atoms with Gasteiger partial charge in [-0.3, -0.25) is 14.4 Å². The van der Waals surface area contributed by atoms with E-state index in [0.717, 1.165) is 59.1 Å². The second-order valence-electron chi connectivity index (χ2n) is 9.54. The number of nitrogens with zero attached hydrogens (tertiary/aromatic N) is 2. The molecular formula is C28H32N4O5S. The van der Waals surface area contributed by atoms with Gasteiger partial charge in [-0.2, -0.15) is 13.5 Å². The topological polar surface area (TPSA) is 136 Å². The SMILES string of the molecule is CN1CCC(C(=O)Nc2n[nH]c3ccc(-c4ccc(CO)cc4)cc23)CC1.Cc1ccc(S(=O)(=O)O)cc1. The van der Waals surface area contributed by atoms with Gasteiger partial charge in [-0.25, -0.2) is 0 Å². The van der Waals surface area contributed by atoms with Crippen LogP contribution >= 0.6 is 0 Å². The molecule has 38 heavy (non-hydrogen) atoms. The van der Waals surface area contributed by atoms with Crippen LogP contribution in [-0.2, 0) is 21.5 Å². The summed E-state index contributed by atoms with van der Waals surface area (Å²) in [6.45, 7) is 3.78. The molecule has 5 rings (SSSR count).